The average Bonchev–Trinajstić information content (AvgIpc) is 2.71. The van der Waals surface area contributed by atoms with Gasteiger partial charge in [0.25, 0.3) is 0 Å². The Morgan fingerprint density at radius 1 is 1.00 bits per heavy atom. The van der Waals surface area contributed by atoms with Crippen molar-refractivity contribution in [2.45, 2.75) is 19.1 Å². The largest absolute Gasteiger partial charge is 0.494 e. The molecule has 28 heavy (non-hydrogen) atoms. The molecule has 0 heterocycles. The van der Waals surface area contributed by atoms with E-state index in [1.54, 1.807) is 24.3 Å². The fourth-order valence-corrected chi connectivity index (χ4v) is 2.23. The van der Waals surface area contributed by atoms with Crippen molar-refractivity contribution < 1.29 is 34.2 Å². The molecule has 0 amide bonds. The fraction of sp³-hybridized carbons (Fsp3) is 0.250. The number of esters is 1. The highest BCUT2D eigenvalue weighted by molar-refractivity contribution is 6.58. The number of hydrogen-bond donors (Lipinski definition) is 3. The first kappa shape index (κ1) is 21.7. The molecule has 1 unspecified atom stereocenters. The molecule has 0 radical (unpaired) electrons. The molecule has 0 saturated heterocycles. The van der Waals surface area contributed by atoms with Gasteiger partial charge in [-0.1, -0.05) is 18.7 Å². The average molecular weight is 386 g/mol. The normalized spacial score (nSPS) is 11.5. The first-order valence-electron chi connectivity index (χ1n) is 8.83. The second kappa shape index (κ2) is 11.3. The maximum atomic E-state index is 12.2. The molecule has 3 N–H and O–H groups in total. The number of unbranched alkanes of at least 4 members (excludes halogenated alkanes) is 1. The van der Waals surface area contributed by atoms with E-state index in [0.717, 1.165) is 12.8 Å². The molecule has 8 heteroatoms. The lowest BCUT2D eigenvalue weighted by atomic mass is 9.80. The molecule has 0 saturated carbocycles. The Morgan fingerprint density at radius 3 is 2.21 bits per heavy atom. The molecule has 0 aliphatic carbocycles. The summed E-state index contributed by atoms with van der Waals surface area (Å²) in [7, 11) is -1.57. The van der Waals surface area contributed by atoms with Crippen LogP contribution >= 0.6 is 0 Å². The van der Waals surface area contributed by atoms with Gasteiger partial charge < -0.3 is 29.4 Å². The predicted molar refractivity (Wildman–Crippen MR) is 105 cm³/mol. The SMILES string of the molecule is C=CC(O)OCCCCOc1ccc(C(=O)Oc2ccc(B(O)O)cc2)cc1. The summed E-state index contributed by atoms with van der Waals surface area (Å²) in [5.74, 6) is 0.408. The quantitative estimate of drug-likeness (QED) is 0.133. The summed E-state index contributed by atoms with van der Waals surface area (Å²) in [6.07, 6.45) is 1.87. The van der Waals surface area contributed by atoms with Crippen LogP contribution < -0.4 is 14.9 Å². The van der Waals surface area contributed by atoms with Gasteiger partial charge in [0.1, 0.15) is 11.5 Å². The molecule has 2 aromatic carbocycles. The number of benzene rings is 2. The third kappa shape index (κ3) is 7.17. The van der Waals surface area contributed by atoms with Crippen molar-refractivity contribution in [2.75, 3.05) is 13.2 Å². The Kier molecular flexibility index (Phi) is 8.70. The maximum Gasteiger partial charge on any atom is 0.488 e. The lowest BCUT2D eigenvalue weighted by Gasteiger charge is -2.09. The summed E-state index contributed by atoms with van der Waals surface area (Å²) in [4.78, 5) is 12.2. The van der Waals surface area contributed by atoms with Crippen molar-refractivity contribution >= 4 is 18.6 Å². The van der Waals surface area contributed by atoms with Gasteiger partial charge in [0, 0.05) is 0 Å². The van der Waals surface area contributed by atoms with E-state index < -0.39 is 19.4 Å². The minimum absolute atomic E-state index is 0.304. The lowest BCUT2D eigenvalue weighted by Crippen LogP contribution is -2.29. The van der Waals surface area contributed by atoms with Crippen molar-refractivity contribution in [1.29, 1.82) is 0 Å². The highest BCUT2D eigenvalue weighted by atomic mass is 16.6. The molecule has 2 rings (SSSR count). The first-order valence-corrected chi connectivity index (χ1v) is 8.83. The zero-order chi connectivity index (χ0) is 20.4. The van der Waals surface area contributed by atoms with Crippen LogP contribution in [-0.4, -0.2) is 47.7 Å². The van der Waals surface area contributed by atoms with Gasteiger partial charge in [-0.3, -0.25) is 0 Å². The topological polar surface area (TPSA) is 105 Å². The van der Waals surface area contributed by atoms with Crippen molar-refractivity contribution in [3.05, 3.63) is 66.7 Å². The second-order valence-electron chi connectivity index (χ2n) is 5.91. The standard InChI is InChI=1S/C20H23BO7/c1-2-19(22)27-14-4-3-13-26-17-9-5-15(6-10-17)20(23)28-18-11-7-16(8-12-18)21(24)25/h2,5-12,19,22,24-25H,1,3-4,13-14H2. The number of aliphatic hydroxyl groups excluding tert-OH is 1. The third-order valence-corrected chi connectivity index (χ3v) is 3.78. The monoisotopic (exact) mass is 386 g/mol. The number of hydrogen-bond acceptors (Lipinski definition) is 7. The zero-order valence-corrected chi connectivity index (χ0v) is 15.4. The molecule has 0 fully saturated rings. The molecule has 0 aliphatic heterocycles. The number of aliphatic hydroxyl groups is 1. The Hall–Kier alpha value is -2.65. The van der Waals surface area contributed by atoms with E-state index in [0.29, 0.717) is 35.7 Å². The van der Waals surface area contributed by atoms with E-state index in [-0.39, 0.29) is 0 Å². The van der Waals surface area contributed by atoms with Crippen LogP contribution in [0.5, 0.6) is 11.5 Å². The summed E-state index contributed by atoms with van der Waals surface area (Å²) in [5.41, 5.74) is 0.676. The molecule has 0 aliphatic rings. The van der Waals surface area contributed by atoms with E-state index in [1.807, 2.05) is 0 Å². The molecular formula is C20H23BO7. The summed E-state index contributed by atoms with van der Waals surface area (Å²) in [6, 6.07) is 12.5. The van der Waals surface area contributed by atoms with Crippen LogP contribution in [-0.2, 0) is 4.74 Å². The van der Waals surface area contributed by atoms with Crippen LogP contribution in [0.15, 0.2) is 61.2 Å². The van der Waals surface area contributed by atoms with Gasteiger partial charge in [0.05, 0.1) is 18.8 Å². The van der Waals surface area contributed by atoms with Crippen molar-refractivity contribution in [2.24, 2.45) is 0 Å². The number of ether oxygens (including phenoxy) is 3. The van der Waals surface area contributed by atoms with Crippen molar-refractivity contribution in [1.82, 2.24) is 0 Å². The van der Waals surface area contributed by atoms with Gasteiger partial charge in [-0.2, -0.15) is 0 Å². The number of rotatable bonds is 11. The van der Waals surface area contributed by atoms with Crippen LogP contribution in [0.25, 0.3) is 0 Å². The minimum Gasteiger partial charge on any atom is -0.494 e. The van der Waals surface area contributed by atoms with Gasteiger partial charge in [0.2, 0.25) is 0 Å². The van der Waals surface area contributed by atoms with Crippen LogP contribution in [0.1, 0.15) is 23.2 Å². The summed E-state index contributed by atoms with van der Waals surface area (Å²) in [5, 5.41) is 27.3. The first-order chi connectivity index (χ1) is 13.5. The van der Waals surface area contributed by atoms with E-state index in [4.69, 9.17) is 29.4 Å². The van der Waals surface area contributed by atoms with E-state index in [1.165, 1.54) is 30.3 Å². The number of carbonyl (C=O) groups is 1. The third-order valence-electron chi connectivity index (χ3n) is 3.78. The molecule has 0 bridgehead atoms. The zero-order valence-electron chi connectivity index (χ0n) is 15.4. The molecule has 0 spiro atoms. The highest BCUT2D eigenvalue weighted by Crippen LogP contribution is 2.16. The van der Waals surface area contributed by atoms with Gasteiger partial charge in [-0.05, 0) is 60.8 Å². The summed E-state index contributed by atoms with van der Waals surface area (Å²) < 4.78 is 15.9. The summed E-state index contributed by atoms with van der Waals surface area (Å²) >= 11 is 0. The Bertz CT molecular complexity index is 744. The second-order valence-corrected chi connectivity index (χ2v) is 5.91. The van der Waals surface area contributed by atoms with Crippen LogP contribution in [0.3, 0.4) is 0 Å². The predicted octanol–water partition coefficient (Wildman–Crippen LogP) is 1.27. The molecule has 7 nitrogen and oxygen atoms in total. The van der Waals surface area contributed by atoms with Gasteiger partial charge in [-0.25, -0.2) is 4.79 Å². The van der Waals surface area contributed by atoms with E-state index in [2.05, 4.69) is 6.58 Å². The van der Waals surface area contributed by atoms with Gasteiger partial charge >= 0.3 is 13.1 Å². The lowest BCUT2D eigenvalue weighted by molar-refractivity contribution is -0.0652. The van der Waals surface area contributed by atoms with Crippen molar-refractivity contribution in [3.63, 3.8) is 0 Å². The van der Waals surface area contributed by atoms with Crippen LogP contribution in [0, 0.1) is 0 Å². The van der Waals surface area contributed by atoms with Gasteiger partial charge in [0.15, 0.2) is 6.29 Å². The Balaban J connectivity index is 1.75. The Labute approximate surface area is 163 Å². The molecular weight excluding hydrogens is 363 g/mol. The van der Waals surface area contributed by atoms with E-state index >= 15 is 0 Å². The number of carbonyl (C=O) groups excluding carboxylic acids is 1. The summed E-state index contributed by atoms with van der Waals surface area (Å²) in [6.45, 7) is 4.32. The minimum atomic E-state index is -1.57. The fourth-order valence-electron chi connectivity index (χ4n) is 2.23. The van der Waals surface area contributed by atoms with Crippen molar-refractivity contribution in [3.8, 4) is 11.5 Å². The molecule has 2 aromatic rings. The van der Waals surface area contributed by atoms with Gasteiger partial charge in [-0.15, -0.1) is 0 Å². The van der Waals surface area contributed by atoms with E-state index in [9.17, 15) is 4.79 Å². The maximum absolute atomic E-state index is 12.2. The molecule has 148 valence electrons. The Morgan fingerprint density at radius 2 is 1.61 bits per heavy atom. The highest BCUT2D eigenvalue weighted by Gasteiger charge is 2.12. The smallest absolute Gasteiger partial charge is 0.488 e. The van der Waals surface area contributed by atoms with Crippen LogP contribution in [0.2, 0.25) is 0 Å². The molecule has 1 atom stereocenters. The van der Waals surface area contributed by atoms with Crippen LogP contribution in [0.4, 0.5) is 0 Å². The molecule has 0 aromatic heterocycles.